The molecule has 0 saturated heterocycles. The average molecular weight is 224 g/mol. The van der Waals surface area contributed by atoms with E-state index in [1.54, 1.807) is 6.07 Å². The Bertz CT molecular complexity index is 617. The van der Waals surface area contributed by atoms with Crippen molar-refractivity contribution in [3.05, 3.63) is 60.5 Å². The highest BCUT2D eigenvalue weighted by Crippen LogP contribution is 2.21. The molecule has 3 aromatic rings. The van der Waals surface area contributed by atoms with Gasteiger partial charge in [-0.15, -0.1) is 0 Å². The number of benzene rings is 2. The second kappa shape index (κ2) is 4.29. The van der Waals surface area contributed by atoms with Crippen molar-refractivity contribution in [3.8, 4) is 5.75 Å². The zero-order valence-electron chi connectivity index (χ0n) is 9.09. The highest BCUT2D eigenvalue weighted by Gasteiger charge is 2.00. The summed E-state index contributed by atoms with van der Waals surface area (Å²) in [6, 6.07) is 15.8. The molecule has 0 bridgehead atoms. The number of rotatable bonds is 3. The average Bonchev–Trinajstić information content (AvgIpc) is 2.89. The zero-order chi connectivity index (χ0) is 11.5. The highest BCUT2D eigenvalue weighted by molar-refractivity contribution is 5.83. The first-order valence-electron chi connectivity index (χ1n) is 5.35. The van der Waals surface area contributed by atoms with Gasteiger partial charge in [0.15, 0.2) is 5.76 Å². The number of hydrogen-bond donors (Lipinski definition) is 0. The first-order chi connectivity index (χ1) is 8.42. The predicted molar refractivity (Wildman–Crippen MR) is 63.6 cm³/mol. The third-order valence-corrected chi connectivity index (χ3v) is 2.54. The molecule has 1 radical (unpaired) electrons. The summed E-state index contributed by atoms with van der Waals surface area (Å²) in [7, 11) is 0. The molecule has 0 fully saturated rings. The Labute approximate surface area is 98.6 Å². The van der Waals surface area contributed by atoms with Crippen LogP contribution in [0.5, 0.6) is 5.75 Å². The largest absolute Gasteiger partial charge is 0.486 e. The van der Waals surface area contributed by atoms with Crippen LogP contribution in [-0.2, 0) is 6.61 Å². The van der Waals surface area contributed by atoms with Crippen molar-refractivity contribution in [1.29, 1.82) is 0 Å². The SMILES string of the molecule is [c]1cc(COc2ccc3ccccc3c2)on1. The molecule has 17 heavy (non-hydrogen) atoms. The van der Waals surface area contributed by atoms with E-state index in [9.17, 15) is 0 Å². The molecule has 0 atom stereocenters. The molecule has 0 N–H and O–H groups in total. The quantitative estimate of drug-likeness (QED) is 0.685. The van der Waals surface area contributed by atoms with Crippen molar-refractivity contribution in [1.82, 2.24) is 5.16 Å². The first-order valence-corrected chi connectivity index (χ1v) is 5.35. The molecule has 0 saturated carbocycles. The third-order valence-electron chi connectivity index (χ3n) is 2.54. The number of nitrogens with zero attached hydrogens (tertiary/aromatic N) is 1. The fourth-order valence-electron chi connectivity index (χ4n) is 1.69. The van der Waals surface area contributed by atoms with E-state index in [0.29, 0.717) is 12.4 Å². The molecule has 3 nitrogen and oxygen atoms in total. The van der Waals surface area contributed by atoms with Gasteiger partial charge in [-0.2, -0.15) is 0 Å². The maximum Gasteiger partial charge on any atom is 0.174 e. The van der Waals surface area contributed by atoms with Crippen LogP contribution >= 0.6 is 0 Å². The van der Waals surface area contributed by atoms with Crippen LogP contribution in [0.2, 0.25) is 0 Å². The van der Waals surface area contributed by atoms with Crippen LogP contribution in [0, 0.1) is 6.20 Å². The molecule has 0 aliphatic carbocycles. The molecule has 0 amide bonds. The smallest absolute Gasteiger partial charge is 0.174 e. The molecule has 0 aliphatic rings. The van der Waals surface area contributed by atoms with Crippen LogP contribution in [0.25, 0.3) is 10.8 Å². The molecule has 0 spiro atoms. The van der Waals surface area contributed by atoms with Crippen molar-refractivity contribution in [2.45, 2.75) is 6.61 Å². The normalized spacial score (nSPS) is 10.6. The van der Waals surface area contributed by atoms with Gasteiger partial charge in [-0.05, 0) is 22.9 Å². The van der Waals surface area contributed by atoms with Gasteiger partial charge in [0, 0.05) is 6.07 Å². The van der Waals surface area contributed by atoms with Gasteiger partial charge in [0.2, 0.25) is 0 Å². The van der Waals surface area contributed by atoms with Gasteiger partial charge in [-0.3, -0.25) is 0 Å². The Kier molecular flexibility index (Phi) is 2.50. The highest BCUT2D eigenvalue weighted by atomic mass is 16.5. The molecular weight excluding hydrogens is 214 g/mol. The van der Waals surface area contributed by atoms with Crippen molar-refractivity contribution in [2.24, 2.45) is 0 Å². The Morgan fingerprint density at radius 1 is 1.12 bits per heavy atom. The van der Waals surface area contributed by atoms with Crippen molar-refractivity contribution in [2.75, 3.05) is 0 Å². The van der Waals surface area contributed by atoms with Gasteiger partial charge < -0.3 is 9.26 Å². The lowest BCUT2D eigenvalue weighted by Gasteiger charge is -2.05. The van der Waals surface area contributed by atoms with Gasteiger partial charge in [-0.1, -0.05) is 35.5 Å². The first kappa shape index (κ1) is 9.90. The van der Waals surface area contributed by atoms with Gasteiger partial charge in [0.1, 0.15) is 18.6 Å². The summed E-state index contributed by atoms with van der Waals surface area (Å²) < 4.78 is 10.5. The van der Waals surface area contributed by atoms with E-state index in [-0.39, 0.29) is 0 Å². The second-order valence-electron chi connectivity index (χ2n) is 3.72. The van der Waals surface area contributed by atoms with Crippen LogP contribution in [0.4, 0.5) is 0 Å². The van der Waals surface area contributed by atoms with E-state index in [1.165, 1.54) is 5.39 Å². The van der Waals surface area contributed by atoms with E-state index in [1.807, 2.05) is 30.3 Å². The fraction of sp³-hybridized carbons (Fsp3) is 0.0714. The minimum atomic E-state index is 0.370. The molecule has 1 heterocycles. The van der Waals surface area contributed by atoms with Gasteiger partial charge >= 0.3 is 0 Å². The van der Waals surface area contributed by atoms with Crippen molar-refractivity contribution < 1.29 is 9.26 Å². The molecule has 83 valence electrons. The maximum absolute atomic E-state index is 5.60. The van der Waals surface area contributed by atoms with Crippen LogP contribution in [0.3, 0.4) is 0 Å². The minimum absolute atomic E-state index is 0.370. The summed E-state index contributed by atoms with van der Waals surface area (Å²) in [5.41, 5.74) is 0. The minimum Gasteiger partial charge on any atom is -0.486 e. The summed E-state index contributed by atoms with van der Waals surface area (Å²) in [5.74, 6) is 1.48. The van der Waals surface area contributed by atoms with Crippen LogP contribution < -0.4 is 4.74 Å². The summed E-state index contributed by atoms with van der Waals surface area (Å²) in [5, 5.41) is 5.87. The Hall–Kier alpha value is -2.29. The number of aromatic nitrogens is 1. The van der Waals surface area contributed by atoms with Gasteiger partial charge in [-0.25, -0.2) is 0 Å². The van der Waals surface area contributed by atoms with Crippen molar-refractivity contribution in [3.63, 3.8) is 0 Å². The number of ether oxygens (including phenoxy) is 1. The molecule has 0 aliphatic heterocycles. The Balaban J connectivity index is 1.81. The monoisotopic (exact) mass is 224 g/mol. The van der Waals surface area contributed by atoms with Crippen LogP contribution in [0.15, 0.2) is 53.1 Å². The number of fused-ring (bicyclic) bond motifs is 1. The van der Waals surface area contributed by atoms with Crippen LogP contribution in [0.1, 0.15) is 5.76 Å². The van der Waals surface area contributed by atoms with E-state index in [0.717, 1.165) is 11.1 Å². The Morgan fingerprint density at radius 2 is 2.00 bits per heavy atom. The van der Waals surface area contributed by atoms with Crippen molar-refractivity contribution >= 4 is 10.8 Å². The van der Waals surface area contributed by atoms with E-state index in [2.05, 4.69) is 23.5 Å². The summed E-state index contributed by atoms with van der Waals surface area (Å²) in [6.45, 7) is 0.370. The predicted octanol–water partition coefficient (Wildman–Crippen LogP) is 3.21. The lowest BCUT2D eigenvalue weighted by molar-refractivity contribution is 0.249. The van der Waals surface area contributed by atoms with Crippen LogP contribution in [-0.4, -0.2) is 5.16 Å². The third kappa shape index (κ3) is 2.13. The molecule has 3 heteroatoms. The van der Waals surface area contributed by atoms with Gasteiger partial charge in [0.05, 0.1) is 0 Å². The molecular formula is C14H10NO2. The second-order valence-corrected chi connectivity index (χ2v) is 3.72. The summed E-state index contributed by atoms with van der Waals surface area (Å²) in [6.07, 6.45) is 2.60. The summed E-state index contributed by atoms with van der Waals surface area (Å²) >= 11 is 0. The lowest BCUT2D eigenvalue weighted by Crippen LogP contribution is -1.93. The topological polar surface area (TPSA) is 35.3 Å². The van der Waals surface area contributed by atoms with E-state index >= 15 is 0 Å². The number of hydrogen-bond acceptors (Lipinski definition) is 3. The van der Waals surface area contributed by atoms with E-state index < -0.39 is 0 Å². The van der Waals surface area contributed by atoms with E-state index in [4.69, 9.17) is 9.26 Å². The Morgan fingerprint density at radius 3 is 2.82 bits per heavy atom. The fourth-order valence-corrected chi connectivity index (χ4v) is 1.69. The molecule has 2 aromatic carbocycles. The lowest BCUT2D eigenvalue weighted by atomic mass is 10.1. The standard InChI is InChI=1S/C14H10NO2/c1-2-4-12-9-13(6-5-11(12)3-1)16-10-14-7-8-15-17-14/h1-7,9H,10H2. The maximum atomic E-state index is 5.60. The molecule has 1 aromatic heterocycles. The molecule has 3 rings (SSSR count). The van der Waals surface area contributed by atoms with Gasteiger partial charge in [0.25, 0.3) is 0 Å². The zero-order valence-corrected chi connectivity index (χ0v) is 9.09. The molecule has 0 unspecified atom stereocenters. The summed E-state index contributed by atoms with van der Waals surface area (Å²) in [4.78, 5) is 0.